The van der Waals surface area contributed by atoms with E-state index < -0.39 is 16.3 Å². The Hall–Kier alpha value is -0.820. The number of nitrogens with one attached hydrogen (secondary N) is 2. The van der Waals surface area contributed by atoms with Crippen molar-refractivity contribution in [1.82, 2.24) is 9.44 Å². The summed E-state index contributed by atoms with van der Waals surface area (Å²) < 4.78 is 31.1. The summed E-state index contributed by atoms with van der Waals surface area (Å²) in [6.45, 7) is 0. The van der Waals surface area contributed by atoms with Crippen molar-refractivity contribution < 1.29 is 17.9 Å². The molecule has 1 amide bonds. The fourth-order valence-electron chi connectivity index (χ4n) is 1.62. The van der Waals surface area contributed by atoms with Crippen molar-refractivity contribution in [2.24, 2.45) is 0 Å². The van der Waals surface area contributed by atoms with Gasteiger partial charge in [-0.25, -0.2) is 9.52 Å². The van der Waals surface area contributed by atoms with Crippen LogP contribution in [0.2, 0.25) is 0 Å². The van der Waals surface area contributed by atoms with E-state index in [-0.39, 0.29) is 6.04 Å². The van der Waals surface area contributed by atoms with Crippen LogP contribution in [0, 0.1) is 0 Å². The molecule has 1 rings (SSSR count). The first-order chi connectivity index (χ1) is 7.03. The first kappa shape index (κ1) is 12.3. The highest BCUT2D eigenvalue weighted by atomic mass is 32.2. The molecule has 1 saturated carbocycles. The van der Waals surface area contributed by atoms with E-state index >= 15 is 0 Å². The third-order valence-electron chi connectivity index (χ3n) is 2.33. The lowest BCUT2D eigenvalue weighted by molar-refractivity contribution is 0.177. The predicted molar refractivity (Wildman–Crippen MR) is 54.5 cm³/mol. The van der Waals surface area contributed by atoms with Crippen LogP contribution in [0.15, 0.2) is 0 Å². The number of rotatable bonds is 3. The zero-order valence-corrected chi connectivity index (χ0v) is 9.47. The summed E-state index contributed by atoms with van der Waals surface area (Å²) in [7, 11) is -2.65. The number of amides is 1. The second-order valence-corrected chi connectivity index (χ2v) is 5.00. The van der Waals surface area contributed by atoms with Crippen molar-refractivity contribution in [3.05, 3.63) is 0 Å². The van der Waals surface area contributed by atoms with Crippen molar-refractivity contribution in [3.8, 4) is 0 Å². The average Bonchev–Trinajstić information content (AvgIpc) is 2.17. The molecule has 15 heavy (non-hydrogen) atoms. The Morgan fingerprint density at radius 1 is 1.27 bits per heavy atom. The van der Waals surface area contributed by atoms with Crippen LogP contribution in [0.1, 0.15) is 32.1 Å². The molecule has 0 heterocycles. The van der Waals surface area contributed by atoms with Crippen LogP contribution in [-0.2, 0) is 14.9 Å². The Bertz CT molecular complexity index is 309. The summed E-state index contributed by atoms with van der Waals surface area (Å²) in [4.78, 5) is 10.7. The largest absolute Gasteiger partial charge is 0.452 e. The van der Waals surface area contributed by atoms with Crippen LogP contribution in [-0.4, -0.2) is 27.7 Å². The second-order valence-electron chi connectivity index (χ2n) is 3.55. The lowest BCUT2D eigenvalue weighted by atomic mass is 9.96. The van der Waals surface area contributed by atoms with Gasteiger partial charge in [-0.15, -0.1) is 0 Å². The molecule has 2 N–H and O–H groups in total. The number of methoxy groups -OCH3 is 1. The highest BCUT2D eigenvalue weighted by molar-refractivity contribution is 7.88. The third kappa shape index (κ3) is 4.48. The zero-order valence-electron chi connectivity index (χ0n) is 8.65. The summed E-state index contributed by atoms with van der Waals surface area (Å²) in [5.74, 6) is 0. The van der Waals surface area contributed by atoms with Crippen molar-refractivity contribution in [2.45, 2.75) is 38.1 Å². The molecule has 0 aromatic carbocycles. The van der Waals surface area contributed by atoms with Gasteiger partial charge in [0.25, 0.3) is 0 Å². The van der Waals surface area contributed by atoms with Crippen molar-refractivity contribution >= 4 is 16.3 Å². The summed E-state index contributed by atoms with van der Waals surface area (Å²) in [5, 5.41) is 0. The highest BCUT2D eigenvalue weighted by Crippen LogP contribution is 2.17. The molecule has 1 aliphatic rings. The Kier molecular flexibility index (Phi) is 4.34. The van der Waals surface area contributed by atoms with Crippen LogP contribution in [0.3, 0.4) is 0 Å². The van der Waals surface area contributed by atoms with E-state index in [0.717, 1.165) is 39.2 Å². The molecule has 1 fully saturated rings. The van der Waals surface area contributed by atoms with E-state index in [1.165, 1.54) is 0 Å². The topological polar surface area (TPSA) is 84.5 Å². The molecular weight excluding hydrogens is 220 g/mol. The lowest BCUT2D eigenvalue weighted by Crippen LogP contribution is -2.45. The average molecular weight is 236 g/mol. The maximum absolute atomic E-state index is 11.3. The zero-order chi connectivity index (χ0) is 11.3. The number of carbonyl (C=O) groups is 1. The van der Waals surface area contributed by atoms with Crippen LogP contribution < -0.4 is 9.44 Å². The molecule has 0 aromatic rings. The van der Waals surface area contributed by atoms with Gasteiger partial charge in [-0.2, -0.15) is 13.1 Å². The minimum atomic E-state index is -3.77. The maximum atomic E-state index is 11.3. The van der Waals surface area contributed by atoms with Crippen LogP contribution >= 0.6 is 0 Å². The molecule has 0 bridgehead atoms. The van der Waals surface area contributed by atoms with Gasteiger partial charge in [0.15, 0.2) is 0 Å². The minimum absolute atomic E-state index is 0.0686. The fraction of sp³-hybridized carbons (Fsp3) is 0.875. The lowest BCUT2D eigenvalue weighted by Gasteiger charge is -2.22. The molecule has 0 atom stereocenters. The smallest absolute Gasteiger partial charge is 0.421 e. The summed E-state index contributed by atoms with van der Waals surface area (Å²) in [6.07, 6.45) is 3.85. The van der Waals surface area contributed by atoms with Gasteiger partial charge in [-0.1, -0.05) is 19.3 Å². The number of ether oxygens (including phenoxy) is 1. The van der Waals surface area contributed by atoms with Gasteiger partial charge >= 0.3 is 16.3 Å². The Balaban J connectivity index is 2.44. The maximum Gasteiger partial charge on any atom is 0.421 e. The molecule has 0 radical (unpaired) electrons. The quantitative estimate of drug-likeness (QED) is 0.747. The Morgan fingerprint density at radius 3 is 2.40 bits per heavy atom. The van der Waals surface area contributed by atoms with Gasteiger partial charge in [0, 0.05) is 6.04 Å². The molecule has 0 aromatic heterocycles. The van der Waals surface area contributed by atoms with Gasteiger partial charge < -0.3 is 4.74 Å². The van der Waals surface area contributed by atoms with E-state index in [0.29, 0.717) is 0 Å². The van der Waals surface area contributed by atoms with Crippen molar-refractivity contribution in [3.63, 3.8) is 0 Å². The van der Waals surface area contributed by atoms with Gasteiger partial charge in [-0.05, 0) is 12.8 Å². The van der Waals surface area contributed by atoms with E-state index in [2.05, 4.69) is 9.46 Å². The predicted octanol–water partition coefficient (Wildman–Crippen LogP) is 0.509. The van der Waals surface area contributed by atoms with Gasteiger partial charge in [-0.3, -0.25) is 0 Å². The van der Waals surface area contributed by atoms with Crippen LogP contribution in [0.25, 0.3) is 0 Å². The highest BCUT2D eigenvalue weighted by Gasteiger charge is 2.21. The second kappa shape index (κ2) is 5.32. The van der Waals surface area contributed by atoms with E-state index in [1.54, 1.807) is 4.72 Å². The Labute approximate surface area is 89.6 Å². The number of carbonyl (C=O) groups excluding carboxylic acids is 1. The van der Waals surface area contributed by atoms with Crippen molar-refractivity contribution in [2.75, 3.05) is 7.11 Å². The number of hydrogen-bond donors (Lipinski definition) is 2. The summed E-state index contributed by atoms with van der Waals surface area (Å²) in [6, 6.07) is -0.0686. The van der Waals surface area contributed by atoms with Crippen LogP contribution in [0.4, 0.5) is 4.79 Å². The van der Waals surface area contributed by atoms with Gasteiger partial charge in [0.2, 0.25) is 0 Å². The molecule has 1 aliphatic carbocycles. The van der Waals surface area contributed by atoms with E-state index in [4.69, 9.17) is 0 Å². The Morgan fingerprint density at radius 2 is 1.87 bits per heavy atom. The van der Waals surface area contributed by atoms with E-state index in [1.807, 2.05) is 0 Å². The minimum Gasteiger partial charge on any atom is -0.452 e. The van der Waals surface area contributed by atoms with Gasteiger partial charge in [0.1, 0.15) is 0 Å². The normalized spacial score (nSPS) is 18.5. The first-order valence-corrected chi connectivity index (χ1v) is 6.40. The molecule has 88 valence electrons. The molecule has 0 saturated heterocycles. The molecule has 0 aliphatic heterocycles. The molecular formula is C8H16N2O4S. The monoisotopic (exact) mass is 236 g/mol. The first-order valence-electron chi connectivity index (χ1n) is 4.91. The fourth-order valence-corrected chi connectivity index (χ4v) is 2.66. The molecule has 0 spiro atoms. The summed E-state index contributed by atoms with van der Waals surface area (Å²) >= 11 is 0. The molecule has 6 nitrogen and oxygen atoms in total. The van der Waals surface area contributed by atoms with Crippen LogP contribution in [0.5, 0.6) is 0 Å². The number of hydrogen-bond acceptors (Lipinski definition) is 4. The van der Waals surface area contributed by atoms with Crippen molar-refractivity contribution in [1.29, 1.82) is 0 Å². The van der Waals surface area contributed by atoms with Gasteiger partial charge in [0.05, 0.1) is 7.11 Å². The summed E-state index contributed by atoms with van der Waals surface area (Å²) in [5.41, 5.74) is 0. The molecule has 7 heteroatoms. The molecule has 0 unspecified atom stereocenters. The third-order valence-corrected chi connectivity index (χ3v) is 3.41. The standard InChI is InChI=1S/C8H16N2O4S/c1-14-8(11)10-15(12,13)9-7-5-3-2-4-6-7/h7,9H,2-6H2,1H3,(H,10,11). The SMILES string of the molecule is COC(=O)NS(=O)(=O)NC1CCCCC1. The van der Waals surface area contributed by atoms with E-state index in [9.17, 15) is 13.2 Å².